The largest absolute Gasteiger partial charge is 0.354 e. The van der Waals surface area contributed by atoms with Crippen molar-refractivity contribution in [2.24, 2.45) is 5.92 Å². The average molecular weight is 605 g/mol. The summed E-state index contributed by atoms with van der Waals surface area (Å²) >= 11 is 12.9. The lowest BCUT2D eigenvalue weighted by atomic mass is 10.0. The minimum atomic E-state index is -3.97. The third-order valence-electron chi connectivity index (χ3n) is 6.43. The van der Waals surface area contributed by atoms with Gasteiger partial charge in [0.1, 0.15) is 6.04 Å². The number of carbonyl (C=O) groups excluding carboxylic acids is 2. The standard InChI is InChI=1S/C30H35Cl2N3O4S/c1-21(2)18-33-30(37)28(17-23-9-6-5-7-10-23)35(19-25-26(31)11-8-12-27(25)32)29(36)20-34(4)40(38,39)24-15-13-22(3)14-16-24/h5-16,21,28H,17-20H2,1-4H3,(H,33,37). The van der Waals surface area contributed by atoms with Gasteiger partial charge in [0, 0.05) is 42.2 Å². The monoisotopic (exact) mass is 603 g/mol. The number of aryl methyl sites for hydroxylation is 1. The summed E-state index contributed by atoms with van der Waals surface area (Å²) in [6.07, 6.45) is 0.215. The molecule has 1 unspecified atom stereocenters. The first-order valence-corrected chi connectivity index (χ1v) is 15.2. The zero-order chi connectivity index (χ0) is 29.4. The van der Waals surface area contributed by atoms with Gasteiger partial charge in [-0.1, -0.05) is 91.1 Å². The number of benzene rings is 3. The second-order valence-corrected chi connectivity index (χ2v) is 13.0. The minimum absolute atomic E-state index is 0.0737. The van der Waals surface area contributed by atoms with Crippen LogP contribution in [0.4, 0.5) is 0 Å². The minimum Gasteiger partial charge on any atom is -0.354 e. The lowest BCUT2D eigenvalue weighted by Crippen LogP contribution is -2.53. The predicted octanol–water partition coefficient (Wildman–Crippen LogP) is 5.33. The van der Waals surface area contributed by atoms with Gasteiger partial charge in [0.05, 0.1) is 11.4 Å². The van der Waals surface area contributed by atoms with Gasteiger partial charge < -0.3 is 10.2 Å². The molecule has 0 aromatic heterocycles. The molecule has 0 bridgehead atoms. The zero-order valence-corrected chi connectivity index (χ0v) is 25.4. The smallest absolute Gasteiger partial charge is 0.243 e. The SMILES string of the molecule is Cc1ccc(S(=O)(=O)N(C)CC(=O)N(Cc2c(Cl)cccc2Cl)C(Cc2ccccc2)C(=O)NCC(C)C)cc1. The van der Waals surface area contributed by atoms with Gasteiger partial charge >= 0.3 is 0 Å². The first-order chi connectivity index (χ1) is 18.9. The van der Waals surface area contributed by atoms with E-state index in [0.29, 0.717) is 22.2 Å². The van der Waals surface area contributed by atoms with E-state index in [-0.39, 0.29) is 29.7 Å². The predicted molar refractivity (Wildman–Crippen MR) is 160 cm³/mol. The molecule has 214 valence electrons. The van der Waals surface area contributed by atoms with Crippen LogP contribution in [0.25, 0.3) is 0 Å². The van der Waals surface area contributed by atoms with E-state index in [9.17, 15) is 18.0 Å². The highest BCUT2D eigenvalue weighted by Gasteiger charge is 2.33. The van der Waals surface area contributed by atoms with Gasteiger partial charge in [-0.25, -0.2) is 8.42 Å². The first-order valence-electron chi connectivity index (χ1n) is 13.0. The quantitative estimate of drug-likeness (QED) is 0.303. The third-order valence-corrected chi connectivity index (χ3v) is 8.96. The number of nitrogens with zero attached hydrogens (tertiary/aromatic N) is 2. The molecule has 3 aromatic rings. The molecule has 3 aromatic carbocycles. The Labute approximate surface area is 247 Å². The first kappa shape index (κ1) is 31.6. The second kappa shape index (κ2) is 14.1. The van der Waals surface area contributed by atoms with E-state index in [2.05, 4.69) is 5.32 Å². The molecule has 0 aliphatic heterocycles. The molecule has 7 nitrogen and oxygen atoms in total. The van der Waals surface area contributed by atoms with E-state index in [1.165, 1.54) is 24.1 Å². The molecule has 0 radical (unpaired) electrons. The Bertz CT molecular complexity index is 1390. The maximum atomic E-state index is 13.9. The van der Waals surface area contributed by atoms with Crippen molar-refractivity contribution in [3.05, 3.63) is 99.5 Å². The van der Waals surface area contributed by atoms with E-state index >= 15 is 0 Å². The van der Waals surface area contributed by atoms with Crippen LogP contribution < -0.4 is 5.32 Å². The number of amides is 2. The van der Waals surface area contributed by atoms with Crippen molar-refractivity contribution in [1.29, 1.82) is 0 Å². The Morgan fingerprint density at radius 1 is 0.900 bits per heavy atom. The van der Waals surface area contributed by atoms with Crippen molar-refractivity contribution in [2.75, 3.05) is 20.1 Å². The average Bonchev–Trinajstić information content (AvgIpc) is 2.91. The van der Waals surface area contributed by atoms with Gasteiger partial charge in [0.15, 0.2) is 0 Å². The molecule has 0 saturated heterocycles. The molecule has 0 heterocycles. The summed E-state index contributed by atoms with van der Waals surface area (Å²) in [4.78, 5) is 29.0. The number of hydrogen-bond donors (Lipinski definition) is 1. The van der Waals surface area contributed by atoms with Crippen LogP contribution in [-0.4, -0.2) is 55.6 Å². The van der Waals surface area contributed by atoms with E-state index in [1.807, 2.05) is 51.1 Å². The molecule has 1 N–H and O–H groups in total. The molecule has 0 aliphatic carbocycles. The Kier molecular flexibility index (Phi) is 11.2. The van der Waals surface area contributed by atoms with Gasteiger partial charge in [-0.05, 0) is 42.7 Å². The Hall–Kier alpha value is -2.91. The molecule has 2 amide bonds. The maximum Gasteiger partial charge on any atom is 0.243 e. The van der Waals surface area contributed by atoms with Crippen LogP contribution in [0.3, 0.4) is 0 Å². The number of carbonyl (C=O) groups is 2. The van der Waals surface area contributed by atoms with E-state index < -0.39 is 28.5 Å². The molecule has 0 saturated carbocycles. The molecule has 0 spiro atoms. The molecule has 40 heavy (non-hydrogen) atoms. The normalized spacial score (nSPS) is 12.4. The molecule has 1 atom stereocenters. The van der Waals surface area contributed by atoms with Crippen LogP contribution in [0.5, 0.6) is 0 Å². The highest BCUT2D eigenvalue weighted by molar-refractivity contribution is 7.89. The van der Waals surface area contributed by atoms with Crippen LogP contribution in [-0.2, 0) is 32.6 Å². The lowest BCUT2D eigenvalue weighted by Gasteiger charge is -2.33. The van der Waals surface area contributed by atoms with Crippen molar-refractivity contribution in [2.45, 2.75) is 44.7 Å². The van der Waals surface area contributed by atoms with Gasteiger partial charge in [0.2, 0.25) is 21.8 Å². The fourth-order valence-corrected chi connectivity index (χ4v) is 5.72. The molecular formula is C30H35Cl2N3O4S. The number of rotatable bonds is 12. The van der Waals surface area contributed by atoms with Crippen molar-refractivity contribution in [3.63, 3.8) is 0 Å². The van der Waals surface area contributed by atoms with E-state index in [1.54, 1.807) is 30.3 Å². The summed E-state index contributed by atoms with van der Waals surface area (Å²) in [5.74, 6) is -0.720. The summed E-state index contributed by atoms with van der Waals surface area (Å²) in [6, 6.07) is 19.8. The lowest BCUT2D eigenvalue weighted by molar-refractivity contribution is -0.141. The summed E-state index contributed by atoms with van der Waals surface area (Å²) < 4.78 is 27.5. The molecular weight excluding hydrogens is 569 g/mol. The summed E-state index contributed by atoms with van der Waals surface area (Å²) in [5, 5.41) is 3.62. The van der Waals surface area contributed by atoms with Crippen LogP contribution in [0.2, 0.25) is 10.0 Å². The van der Waals surface area contributed by atoms with E-state index in [4.69, 9.17) is 23.2 Å². The van der Waals surface area contributed by atoms with Crippen LogP contribution >= 0.6 is 23.2 Å². The second-order valence-electron chi connectivity index (χ2n) is 10.1. The topological polar surface area (TPSA) is 86.8 Å². The Morgan fingerprint density at radius 3 is 2.08 bits per heavy atom. The van der Waals surface area contributed by atoms with Gasteiger partial charge in [0.25, 0.3) is 0 Å². The number of nitrogens with one attached hydrogen (secondary N) is 1. The summed E-state index contributed by atoms with van der Waals surface area (Å²) in [6.45, 7) is 5.66. The number of likely N-dealkylation sites (N-methyl/N-ethyl adjacent to an activating group) is 1. The molecule has 3 rings (SSSR count). The van der Waals surface area contributed by atoms with Crippen LogP contribution in [0.1, 0.15) is 30.5 Å². The fraction of sp³-hybridized carbons (Fsp3) is 0.333. The van der Waals surface area contributed by atoms with Gasteiger partial charge in [-0.2, -0.15) is 4.31 Å². The summed E-state index contributed by atoms with van der Waals surface area (Å²) in [5.41, 5.74) is 2.23. The third kappa shape index (κ3) is 8.30. The highest BCUT2D eigenvalue weighted by Crippen LogP contribution is 2.27. The Balaban J connectivity index is 2.01. The van der Waals surface area contributed by atoms with E-state index in [0.717, 1.165) is 15.4 Å². The van der Waals surface area contributed by atoms with Crippen molar-refractivity contribution < 1.29 is 18.0 Å². The number of halogens is 2. The zero-order valence-electron chi connectivity index (χ0n) is 23.1. The molecule has 10 heteroatoms. The van der Waals surface area contributed by atoms with Gasteiger partial charge in [-0.15, -0.1) is 0 Å². The Morgan fingerprint density at radius 2 is 1.50 bits per heavy atom. The molecule has 0 aliphatic rings. The summed E-state index contributed by atoms with van der Waals surface area (Å²) in [7, 11) is -2.62. The van der Waals surface area contributed by atoms with Crippen molar-refractivity contribution in [1.82, 2.24) is 14.5 Å². The van der Waals surface area contributed by atoms with Crippen LogP contribution in [0, 0.1) is 12.8 Å². The number of hydrogen-bond acceptors (Lipinski definition) is 4. The molecule has 0 fully saturated rings. The fourth-order valence-electron chi connectivity index (χ4n) is 4.09. The van der Waals surface area contributed by atoms with Gasteiger partial charge in [-0.3, -0.25) is 9.59 Å². The van der Waals surface area contributed by atoms with Crippen LogP contribution in [0.15, 0.2) is 77.7 Å². The van der Waals surface area contributed by atoms with Crippen molar-refractivity contribution in [3.8, 4) is 0 Å². The highest BCUT2D eigenvalue weighted by atomic mass is 35.5. The maximum absolute atomic E-state index is 13.9. The van der Waals surface area contributed by atoms with Crippen molar-refractivity contribution >= 4 is 45.0 Å². The number of sulfonamides is 1.